The van der Waals surface area contributed by atoms with Crippen molar-refractivity contribution in [3.63, 3.8) is 0 Å². The smallest absolute Gasteiger partial charge is 0.282 e. The third-order valence-electron chi connectivity index (χ3n) is 3.55. The van der Waals surface area contributed by atoms with Gasteiger partial charge in [0.2, 0.25) is 0 Å². The molecule has 0 unspecified atom stereocenters. The van der Waals surface area contributed by atoms with Gasteiger partial charge in [-0.15, -0.1) is 0 Å². The zero-order valence-corrected chi connectivity index (χ0v) is 12.6. The molecule has 4 heteroatoms. The number of hydrazone groups is 1. The summed E-state index contributed by atoms with van der Waals surface area (Å²) in [6, 6.07) is 19.4. The Morgan fingerprint density at radius 3 is 2.23 bits per heavy atom. The summed E-state index contributed by atoms with van der Waals surface area (Å²) in [6.07, 6.45) is 1.83. The van der Waals surface area contributed by atoms with Crippen molar-refractivity contribution in [1.29, 1.82) is 0 Å². The SMILES string of the molecule is CC1=NN(c2ccccc2)C(=O)C1=CN(C)c1ccccc1. The van der Waals surface area contributed by atoms with E-state index < -0.39 is 0 Å². The summed E-state index contributed by atoms with van der Waals surface area (Å²) in [6.45, 7) is 1.85. The first kappa shape index (κ1) is 14.1. The molecule has 0 saturated carbocycles. The monoisotopic (exact) mass is 291 g/mol. The van der Waals surface area contributed by atoms with Crippen LogP contribution in [0.1, 0.15) is 6.92 Å². The molecule has 22 heavy (non-hydrogen) atoms. The Morgan fingerprint density at radius 1 is 1.00 bits per heavy atom. The van der Waals surface area contributed by atoms with Crippen LogP contribution in [0, 0.1) is 0 Å². The number of carbonyl (C=O) groups excluding carboxylic acids is 1. The highest BCUT2D eigenvalue weighted by atomic mass is 16.2. The van der Waals surface area contributed by atoms with Gasteiger partial charge in [-0.05, 0) is 31.2 Å². The third-order valence-corrected chi connectivity index (χ3v) is 3.55. The molecule has 0 spiro atoms. The predicted molar refractivity (Wildman–Crippen MR) is 90.0 cm³/mol. The van der Waals surface area contributed by atoms with Crippen LogP contribution in [0.3, 0.4) is 0 Å². The number of benzene rings is 2. The van der Waals surface area contributed by atoms with Gasteiger partial charge >= 0.3 is 0 Å². The summed E-state index contributed by atoms with van der Waals surface area (Å²) in [7, 11) is 1.92. The largest absolute Gasteiger partial charge is 0.350 e. The topological polar surface area (TPSA) is 35.9 Å². The number of amides is 1. The Balaban J connectivity index is 1.89. The van der Waals surface area contributed by atoms with Crippen molar-refractivity contribution in [2.24, 2.45) is 5.10 Å². The van der Waals surface area contributed by atoms with Crippen molar-refractivity contribution in [3.8, 4) is 0 Å². The third kappa shape index (κ3) is 2.63. The van der Waals surface area contributed by atoms with Gasteiger partial charge in [0.15, 0.2) is 0 Å². The Morgan fingerprint density at radius 2 is 1.59 bits per heavy atom. The highest BCUT2D eigenvalue weighted by Crippen LogP contribution is 2.24. The van der Waals surface area contributed by atoms with E-state index in [0.29, 0.717) is 5.57 Å². The number of para-hydroxylation sites is 2. The second-order valence-electron chi connectivity index (χ2n) is 5.13. The van der Waals surface area contributed by atoms with E-state index in [4.69, 9.17) is 0 Å². The lowest BCUT2D eigenvalue weighted by atomic mass is 10.2. The van der Waals surface area contributed by atoms with E-state index >= 15 is 0 Å². The van der Waals surface area contributed by atoms with Gasteiger partial charge in [-0.2, -0.15) is 10.1 Å². The summed E-state index contributed by atoms with van der Waals surface area (Å²) >= 11 is 0. The maximum absolute atomic E-state index is 12.6. The second-order valence-corrected chi connectivity index (χ2v) is 5.13. The average molecular weight is 291 g/mol. The fourth-order valence-corrected chi connectivity index (χ4v) is 2.34. The standard InChI is InChI=1S/C18H17N3O/c1-14-17(13-20(2)15-9-5-3-6-10-15)18(22)21(19-14)16-11-7-4-8-12-16/h3-13H,1-2H3. The van der Waals surface area contributed by atoms with Crippen molar-refractivity contribution >= 4 is 23.0 Å². The van der Waals surface area contributed by atoms with Gasteiger partial charge in [0, 0.05) is 18.9 Å². The summed E-state index contributed by atoms with van der Waals surface area (Å²) in [5.41, 5.74) is 3.12. The molecular weight excluding hydrogens is 274 g/mol. The lowest BCUT2D eigenvalue weighted by Crippen LogP contribution is -2.23. The van der Waals surface area contributed by atoms with Crippen molar-refractivity contribution in [3.05, 3.63) is 72.4 Å². The second kappa shape index (κ2) is 5.85. The van der Waals surface area contributed by atoms with E-state index in [1.54, 1.807) is 0 Å². The van der Waals surface area contributed by atoms with Crippen LogP contribution < -0.4 is 9.91 Å². The Hall–Kier alpha value is -2.88. The van der Waals surface area contributed by atoms with Gasteiger partial charge in [0.1, 0.15) is 0 Å². The van der Waals surface area contributed by atoms with E-state index in [1.807, 2.05) is 85.7 Å². The summed E-state index contributed by atoms with van der Waals surface area (Å²) < 4.78 is 0. The van der Waals surface area contributed by atoms with E-state index in [9.17, 15) is 4.79 Å². The Kier molecular flexibility index (Phi) is 3.74. The van der Waals surface area contributed by atoms with E-state index in [2.05, 4.69) is 5.10 Å². The number of hydrogen-bond acceptors (Lipinski definition) is 3. The number of anilines is 2. The minimum Gasteiger partial charge on any atom is -0.350 e. The molecule has 0 fully saturated rings. The molecule has 1 heterocycles. The molecular formula is C18H17N3O. The first-order valence-corrected chi connectivity index (χ1v) is 7.11. The lowest BCUT2D eigenvalue weighted by Gasteiger charge is -2.15. The average Bonchev–Trinajstić information content (AvgIpc) is 2.84. The molecule has 0 aromatic heterocycles. The minimum atomic E-state index is -0.105. The number of hydrogen-bond donors (Lipinski definition) is 0. The number of rotatable bonds is 3. The van der Waals surface area contributed by atoms with Crippen molar-refractivity contribution in [2.75, 3.05) is 17.0 Å². The maximum atomic E-state index is 12.6. The van der Waals surface area contributed by atoms with Gasteiger partial charge in [-0.1, -0.05) is 36.4 Å². The van der Waals surface area contributed by atoms with Crippen molar-refractivity contribution in [1.82, 2.24) is 0 Å². The Bertz CT molecular complexity index is 735. The molecule has 0 saturated heterocycles. The maximum Gasteiger partial charge on any atom is 0.282 e. The van der Waals surface area contributed by atoms with Crippen LogP contribution >= 0.6 is 0 Å². The van der Waals surface area contributed by atoms with Gasteiger partial charge in [-0.25, -0.2) is 0 Å². The van der Waals surface area contributed by atoms with E-state index in [1.165, 1.54) is 5.01 Å². The number of carbonyl (C=O) groups is 1. The molecule has 0 atom stereocenters. The van der Waals surface area contributed by atoms with Crippen LogP contribution in [0.2, 0.25) is 0 Å². The van der Waals surface area contributed by atoms with Crippen LogP contribution in [-0.2, 0) is 4.79 Å². The molecule has 1 amide bonds. The van der Waals surface area contributed by atoms with Gasteiger partial charge < -0.3 is 4.90 Å². The van der Waals surface area contributed by atoms with Crippen molar-refractivity contribution in [2.45, 2.75) is 6.92 Å². The molecule has 0 bridgehead atoms. The molecule has 0 aliphatic carbocycles. The van der Waals surface area contributed by atoms with Gasteiger partial charge in [0.25, 0.3) is 5.91 Å². The highest BCUT2D eigenvalue weighted by molar-refractivity contribution is 6.29. The lowest BCUT2D eigenvalue weighted by molar-refractivity contribution is -0.114. The molecule has 2 aromatic carbocycles. The zero-order chi connectivity index (χ0) is 15.5. The molecule has 4 nitrogen and oxygen atoms in total. The van der Waals surface area contributed by atoms with Crippen LogP contribution in [0.5, 0.6) is 0 Å². The first-order valence-electron chi connectivity index (χ1n) is 7.11. The van der Waals surface area contributed by atoms with Crippen LogP contribution in [0.4, 0.5) is 11.4 Å². The zero-order valence-electron chi connectivity index (χ0n) is 12.6. The fourth-order valence-electron chi connectivity index (χ4n) is 2.34. The van der Waals surface area contributed by atoms with Gasteiger partial charge in [-0.3, -0.25) is 4.79 Å². The normalized spacial score (nSPS) is 16.1. The highest BCUT2D eigenvalue weighted by Gasteiger charge is 2.29. The first-order chi connectivity index (χ1) is 10.7. The van der Waals surface area contributed by atoms with E-state index in [-0.39, 0.29) is 5.91 Å². The minimum absolute atomic E-state index is 0.105. The molecule has 110 valence electrons. The van der Waals surface area contributed by atoms with Crippen molar-refractivity contribution < 1.29 is 4.79 Å². The summed E-state index contributed by atoms with van der Waals surface area (Å²) in [5, 5.41) is 5.82. The molecule has 2 aromatic rings. The van der Waals surface area contributed by atoms with Gasteiger partial charge in [0.05, 0.1) is 17.0 Å². The molecule has 0 radical (unpaired) electrons. The molecule has 1 aliphatic rings. The molecule has 0 N–H and O–H groups in total. The van der Waals surface area contributed by atoms with Crippen LogP contribution in [-0.4, -0.2) is 18.7 Å². The Labute approximate surface area is 130 Å². The summed E-state index contributed by atoms with van der Waals surface area (Å²) in [5.74, 6) is -0.105. The molecule has 3 rings (SSSR count). The number of nitrogens with zero attached hydrogens (tertiary/aromatic N) is 3. The quantitative estimate of drug-likeness (QED) is 0.812. The molecule has 1 aliphatic heterocycles. The van der Waals surface area contributed by atoms with Crippen LogP contribution in [0.15, 0.2) is 77.5 Å². The van der Waals surface area contributed by atoms with E-state index in [0.717, 1.165) is 17.1 Å². The fraction of sp³-hybridized carbons (Fsp3) is 0.111. The van der Waals surface area contributed by atoms with Crippen LogP contribution in [0.25, 0.3) is 0 Å². The predicted octanol–water partition coefficient (Wildman–Crippen LogP) is 3.43. The summed E-state index contributed by atoms with van der Waals surface area (Å²) in [4.78, 5) is 14.5.